The van der Waals surface area contributed by atoms with Gasteiger partial charge in [0.2, 0.25) is 13.9 Å². The zero-order valence-electron chi connectivity index (χ0n) is 6.67. The lowest BCUT2D eigenvalue weighted by molar-refractivity contribution is 0.0880. The minimum Gasteiger partial charge on any atom is -0.386 e. The Morgan fingerprint density at radius 1 is 1.50 bits per heavy atom. The molecule has 0 spiro atoms. The summed E-state index contributed by atoms with van der Waals surface area (Å²) in [5, 5.41) is 0. The molecule has 60 valence electrons. The van der Waals surface area contributed by atoms with Gasteiger partial charge in [-0.15, -0.1) is 0 Å². The number of amides is 1. The Kier molecular flexibility index (Phi) is 1.86. The summed E-state index contributed by atoms with van der Waals surface area (Å²) >= 11 is 2.22. The molecule has 1 amide bonds. The Morgan fingerprint density at radius 2 is 2.25 bits per heavy atom. The van der Waals surface area contributed by atoms with Crippen LogP contribution in [-0.4, -0.2) is 18.7 Å². The van der Waals surface area contributed by atoms with Gasteiger partial charge in [-0.2, -0.15) is 0 Å². The molecule has 0 radical (unpaired) electrons. The minimum atomic E-state index is 0.142. The fourth-order valence-electron chi connectivity index (χ4n) is 1.42. The number of carbonyl (C=O) groups is 1. The lowest BCUT2D eigenvalue weighted by Gasteiger charge is -2.05. The molecule has 4 heteroatoms. The van der Waals surface area contributed by atoms with E-state index in [1.54, 1.807) is 4.81 Å². The van der Waals surface area contributed by atoms with Crippen molar-refractivity contribution in [2.45, 2.75) is 6.54 Å². The van der Waals surface area contributed by atoms with Crippen LogP contribution >= 0.6 is 22.6 Å². The summed E-state index contributed by atoms with van der Waals surface area (Å²) in [6.45, 7) is 0.755. The van der Waals surface area contributed by atoms with Gasteiger partial charge in [0.1, 0.15) is 0 Å². The second-order valence-corrected chi connectivity index (χ2v) is 4.21. The molecule has 1 heterocycles. The van der Waals surface area contributed by atoms with Crippen molar-refractivity contribution in [1.82, 2.24) is 4.81 Å². The van der Waals surface area contributed by atoms with E-state index in [-0.39, 0.29) is 5.91 Å². The van der Waals surface area contributed by atoms with Crippen LogP contribution in [0.5, 0.6) is 0 Å². The molecule has 1 aliphatic heterocycles. The van der Waals surface area contributed by atoms with Gasteiger partial charge in [-0.1, -0.05) is 6.07 Å². The van der Waals surface area contributed by atoms with E-state index in [1.165, 1.54) is 0 Å². The third-order valence-corrected chi connectivity index (χ3v) is 2.73. The highest BCUT2D eigenvalue weighted by molar-refractivity contribution is 14.1. The molecule has 0 aromatic heterocycles. The molecule has 1 aromatic rings. The quantitative estimate of drug-likeness (QED) is 0.504. The van der Waals surface area contributed by atoms with E-state index in [0.29, 0.717) is 0 Å². The molecule has 1 aromatic carbocycles. The molecular weight excluding hydrogens is 264 g/mol. The van der Waals surface area contributed by atoms with Crippen LogP contribution in [0.25, 0.3) is 0 Å². The summed E-state index contributed by atoms with van der Waals surface area (Å²) < 4.78 is 1.12. The van der Waals surface area contributed by atoms with Crippen LogP contribution in [-0.2, 0) is 6.54 Å². The van der Waals surface area contributed by atoms with Gasteiger partial charge >= 0.3 is 0 Å². The largest absolute Gasteiger partial charge is 0.386 e. The van der Waals surface area contributed by atoms with Gasteiger partial charge in [0.05, 0.1) is 0 Å². The summed E-state index contributed by atoms with van der Waals surface area (Å²) in [6, 6.07) is 6.01. The molecule has 0 fully saturated rings. The molecule has 0 saturated carbocycles. The predicted octanol–water partition coefficient (Wildman–Crippen LogP) is 0.795. The molecular formula is C8H7BINO. The Bertz CT molecular complexity index is 353. The number of rotatable bonds is 0. The first kappa shape index (κ1) is 8.10. The standard InChI is InChI=1S/C8H7BINO/c9-11-4-5-1-2-6(10)3-7(5)8(11)12/h1-3H,4,9H2. The first-order valence-electron chi connectivity index (χ1n) is 3.72. The molecule has 2 rings (SSSR count). The highest BCUT2D eigenvalue weighted by atomic mass is 127. The van der Waals surface area contributed by atoms with E-state index in [1.807, 2.05) is 26.2 Å². The van der Waals surface area contributed by atoms with E-state index in [2.05, 4.69) is 22.6 Å². The number of halogens is 1. The Labute approximate surface area is 85.5 Å². The number of carbonyl (C=O) groups excluding carboxylic acids is 1. The zero-order chi connectivity index (χ0) is 8.72. The summed E-state index contributed by atoms with van der Waals surface area (Å²) in [5.41, 5.74) is 2.01. The van der Waals surface area contributed by atoms with Crippen molar-refractivity contribution in [2.24, 2.45) is 0 Å². The van der Waals surface area contributed by atoms with Crippen molar-refractivity contribution in [2.75, 3.05) is 0 Å². The predicted molar refractivity (Wildman–Crippen MR) is 57.6 cm³/mol. The molecule has 0 saturated heterocycles. The first-order valence-corrected chi connectivity index (χ1v) is 4.80. The van der Waals surface area contributed by atoms with E-state index in [0.717, 1.165) is 21.2 Å². The highest BCUT2D eigenvalue weighted by Gasteiger charge is 2.23. The smallest absolute Gasteiger partial charge is 0.241 e. The number of hydrogen-bond acceptors (Lipinski definition) is 1. The van der Waals surface area contributed by atoms with Gasteiger partial charge < -0.3 is 4.81 Å². The van der Waals surface area contributed by atoms with Crippen molar-refractivity contribution in [3.8, 4) is 0 Å². The maximum absolute atomic E-state index is 11.5. The fourth-order valence-corrected chi connectivity index (χ4v) is 1.91. The second kappa shape index (κ2) is 2.76. The van der Waals surface area contributed by atoms with Crippen LogP contribution in [0.3, 0.4) is 0 Å². The van der Waals surface area contributed by atoms with E-state index >= 15 is 0 Å². The summed E-state index contributed by atoms with van der Waals surface area (Å²) in [4.78, 5) is 13.2. The summed E-state index contributed by atoms with van der Waals surface area (Å²) in [5.74, 6) is 0.142. The molecule has 0 bridgehead atoms. The topological polar surface area (TPSA) is 20.3 Å². The van der Waals surface area contributed by atoms with Gasteiger partial charge in [-0.05, 0) is 40.3 Å². The van der Waals surface area contributed by atoms with Crippen LogP contribution in [0.15, 0.2) is 18.2 Å². The molecule has 0 N–H and O–H groups in total. The summed E-state index contributed by atoms with van der Waals surface area (Å²) in [7, 11) is 1.83. The van der Waals surface area contributed by atoms with Gasteiger partial charge in [0, 0.05) is 15.7 Å². The molecule has 0 atom stereocenters. The van der Waals surface area contributed by atoms with Crippen LogP contribution < -0.4 is 0 Å². The monoisotopic (exact) mass is 271 g/mol. The van der Waals surface area contributed by atoms with Crippen molar-refractivity contribution >= 4 is 36.5 Å². The van der Waals surface area contributed by atoms with Crippen LogP contribution in [0, 0.1) is 3.57 Å². The lowest BCUT2D eigenvalue weighted by atomic mass is 10.1. The van der Waals surface area contributed by atoms with Crippen molar-refractivity contribution in [3.05, 3.63) is 32.9 Å². The zero-order valence-corrected chi connectivity index (χ0v) is 8.83. The fraction of sp³-hybridized carbons (Fsp3) is 0.125. The molecule has 0 aliphatic carbocycles. The SMILES string of the molecule is BN1Cc2ccc(I)cc2C1=O. The van der Waals surface area contributed by atoms with E-state index in [9.17, 15) is 4.79 Å². The van der Waals surface area contributed by atoms with Gasteiger partial charge in [-0.3, -0.25) is 4.79 Å². The van der Waals surface area contributed by atoms with Crippen LogP contribution in [0.1, 0.15) is 15.9 Å². The first-order chi connectivity index (χ1) is 5.68. The van der Waals surface area contributed by atoms with Crippen LogP contribution in [0.2, 0.25) is 0 Å². The molecule has 2 nitrogen and oxygen atoms in total. The Hall–Kier alpha value is -0.515. The van der Waals surface area contributed by atoms with Crippen molar-refractivity contribution in [1.29, 1.82) is 0 Å². The highest BCUT2D eigenvalue weighted by Crippen LogP contribution is 2.22. The lowest BCUT2D eigenvalue weighted by Crippen LogP contribution is -2.19. The number of hydrogen-bond donors (Lipinski definition) is 0. The van der Waals surface area contributed by atoms with Gasteiger partial charge in [0.25, 0.3) is 0 Å². The number of nitrogens with zero attached hydrogens (tertiary/aromatic N) is 1. The molecule has 12 heavy (non-hydrogen) atoms. The number of benzene rings is 1. The molecule has 1 aliphatic rings. The minimum absolute atomic E-state index is 0.142. The van der Waals surface area contributed by atoms with Gasteiger partial charge in [-0.25, -0.2) is 0 Å². The average molecular weight is 271 g/mol. The van der Waals surface area contributed by atoms with Crippen molar-refractivity contribution < 1.29 is 4.79 Å². The normalized spacial score (nSPS) is 15.1. The maximum atomic E-state index is 11.5. The summed E-state index contributed by atoms with van der Waals surface area (Å²) in [6.07, 6.45) is 0. The number of fused-ring (bicyclic) bond motifs is 1. The Morgan fingerprint density at radius 3 is 3.00 bits per heavy atom. The van der Waals surface area contributed by atoms with Crippen molar-refractivity contribution in [3.63, 3.8) is 0 Å². The second-order valence-electron chi connectivity index (χ2n) is 2.96. The van der Waals surface area contributed by atoms with Gasteiger partial charge in [0.15, 0.2) is 0 Å². The van der Waals surface area contributed by atoms with E-state index in [4.69, 9.17) is 0 Å². The Balaban J connectivity index is 2.56. The van der Waals surface area contributed by atoms with Crippen LogP contribution in [0.4, 0.5) is 0 Å². The maximum Gasteiger partial charge on any atom is 0.241 e. The third kappa shape index (κ3) is 1.14. The third-order valence-electron chi connectivity index (χ3n) is 2.06. The van der Waals surface area contributed by atoms with E-state index < -0.39 is 0 Å². The average Bonchev–Trinajstić information content (AvgIpc) is 2.31. The molecule has 0 unspecified atom stereocenters.